The molecule has 0 radical (unpaired) electrons. The molecule has 1 aliphatic carbocycles. The summed E-state index contributed by atoms with van der Waals surface area (Å²) >= 11 is 0. The summed E-state index contributed by atoms with van der Waals surface area (Å²) in [5.41, 5.74) is 5.97. The normalized spacial score (nSPS) is 20.8. The van der Waals surface area contributed by atoms with Gasteiger partial charge in [0.2, 0.25) is 5.91 Å². The van der Waals surface area contributed by atoms with Crippen molar-refractivity contribution in [3.63, 3.8) is 0 Å². The smallest absolute Gasteiger partial charge is 0.224 e. The first-order chi connectivity index (χ1) is 9.51. The molecule has 1 amide bonds. The van der Waals surface area contributed by atoms with Gasteiger partial charge in [0.15, 0.2) is 17.4 Å². The zero-order chi connectivity index (χ0) is 14.7. The lowest BCUT2D eigenvalue weighted by atomic mass is 10.00. The van der Waals surface area contributed by atoms with Gasteiger partial charge in [0.1, 0.15) is 0 Å². The molecule has 1 aromatic rings. The van der Waals surface area contributed by atoms with E-state index in [1.54, 1.807) is 0 Å². The Labute approximate surface area is 128 Å². The second-order valence-corrected chi connectivity index (χ2v) is 5.08. The van der Waals surface area contributed by atoms with Gasteiger partial charge in [0.05, 0.1) is 7.11 Å². The standard InChI is InChI=1S/C14H18F2N2O2.ClH/c1-20-14-10(15)6-9(7-11(14)16)18-13(19)5-8-3-2-4-12(8)17;/h6-8,12H,2-5,17H2,1H3,(H,18,19);1H/t8-,12+;/m0./s1. The minimum absolute atomic E-state index is 0. The lowest BCUT2D eigenvalue weighted by Gasteiger charge is -2.15. The summed E-state index contributed by atoms with van der Waals surface area (Å²) in [6.07, 6.45) is 3.13. The fraction of sp³-hybridized carbons (Fsp3) is 0.500. The predicted molar refractivity (Wildman–Crippen MR) is 78.7 cm³/mol. The molecule has 1 aromatic carbocycles. The quantitative estimate of drug-likeness (QED) is 0.896. The van der Waals surface area contributed by atoms with E-state index in [-0.39, 0.29) is 42.4 Å². The molecule has 0 aliphatic heterocycles. The van der Waals surface area contributed by atoms with E-state index in [9.17, 15) is 13.6 Å². The van der Waals surface area contributed by atoms with Crippen LogP contribution in [0.2, 0.25) is 0 Å². The average Bonchev–Trinajstić information content (AvgIpc) is 2.74. The summed E-state index contributed by atoms with van der Waals surface area (Å²) in [5, 5.41) is 2.49. The van der Waals surface area contributed by atoms with Crippen molar-refractivity contribution in [1.29, 1.82) is 0 Å². The highest BCUT2D eigenvalue weighted by Gasteiger charge is 2.26. The third-order valence-electron chi connectivity index (χ3n) is 3.65. The molecule has 1 saturated carbocycles. The van der Waals surface area contributed by atoms with Gasteiger partial charge in [0.25, 0.3) is 0 Å². The maximum Gasteiger partial charge on any atom is 0.224 e. The lowest BCUT2D eigenvalue weighted by Crippen LogP contribution is -2.28. The second kappa shape index (κ2) is 7.56. The number of carbonyl (C=O) groups excluding carboxylic acids is 1. The highest BCUT2D eigenvalue weighted by Crippen LogP contribution is 2.28. The van der Waals surface area contributed by atoms with Crippen molar-refractivity contribution in [2.45, 2.75) is 31.7 Å². The van der Waals surface area contributed by atoms with E-state index < -0.39 is 17.4 Å². The van der Waals surface area contributed by atoms with Gasteiger partial charge in [-0.15, -0.1) is 12.4 Å². The number of hydrogen-bond donors (Lipinski definition) is 2. The number of carbonyl (C=O) groups is 1. The van der Waals surface area contributed by atoms with Crippen LogP contribution in [-0.2, 0) is 4.79 Å². The van der Waals surface area contributed by atoms with Crippen LogP contribution in [0.1, 0.15) is 25.7 Å². The molecule has 1 aliphatic rings. The molecule has 7 heteroatoms. The Morgan fingerprint density at radius 2 is 2.00 bits per heavy atom. The topological polar surface area (TPSA) is 64.3 Å². The Hall–Kier alpha value is -1.40. The fourth-order valence-corrected chi connectivity index (χ4v) is 2.60. The molecular weight excluding hydrogens is 302 g/mol. The molecule has 4 nitrogen and oxygen atoms in total. The maximum absolute atomic E-state index is 13.5. The number of halogens is 3. The van der Waals surface area contributed by atoms with Crippen LogP contribution in [0.3, 0.4) is 0 Å². The number of nitrogens with one attached hydrogen (secondary N) is 1. The van der Waals surface area contributed by atoms with Gasteiger partial charge in [0, 0.05) is 30.3 Å². The second-order valence-electron chi connectivity index (χ2n) is 5.08. The minimum atomic E-state index is -0.847. The SMILES string of the molecule is COc1c(F)cc(NC(=O)C[C@@H]2CCC[C@H]2N)cc1F.Cl. The minimum Gasteiger partial charge on any atom is -0.491 e. The summed E-state index contributed by atoms with van der Waals surface area (Å²) in [6.45, 7) is 0. The summed E-state index contributed by atoms with van der Waals surface area (Å²) in [6, 6.07) is 2.10. The summed E-state index contributed by atoms with van der Waals surface area (Å²) < 4.78 is 31.6. The molecule has 2 atom stereocenters. The monoisotopic (exact) mass is 320 g/mol. The molecule has 0 unspecified atom stereocenters. The van der Waals surface area contributed by atoms with E-state index in [4.69, 9.17) is 5.73 Å². The van der Waals surface area contributed by atoms with Crippen molar-refractivity contribution in [1.82, 2.24) is 0 Å². The number of ether oxygens (including phenoxy) is 1. The number of benzene rings is 1. The van der Waals surface area contributed by atoms with Crippen LogP contribution in [-0.4, -0.2) is 19.1 Å². The first-order valence-corrected chi connectivity index (χ1v) is 6.59. The molecule has 2 rings (SSSR count). The number of anilines is 1. The molecule has 1 fully saturated rings. The van der Waals surface area contributed by atoms with Crippen LogP contribution in [0.4, 0.5) is 14.5 Å². The van der Waals surface area contributed by atoms with Crippen molar-refractivity contribution >= 4 is 24.0 Å². The van der Waals surface area contributed by atoms with Crippen molar-refractivity contribution < 1.29 is 18.3 Å². The summed E-state index contributed by atoms with van der Waals surface area (Å²) in [7, 11) is 1.18. The molecule has 21 heavy (non-hydrogen) atoms. The van der Waals surface area contributed by atoms with Crippen molar-refractivity contribution in [3.8, 4) is 5.75 Å². The molecule has 0 heterocycles. The van der Waals surface area contributed by atoms with Gasteiger partial charge < -0.3 is 15.8 Å². The maximum atomic E-state index is 13.5. The van der Waals surface area contributed by atoms with E-state index in [0.717, 1.165) is 31.4 Å². The van der Waals surface area contributed by atoms with E-state index >= 15 is 0 Å². The van der Waals surface area contributed by atoms with E-state index in [0.29, 0.717) is 0 Å². The van der Waals surface area contributed by atoms with Crippen LogP contribution in [0.25, 0.3) is 0 Å². The Kier molecular flexibility index (Phi) is 6.36. The zero-order valence-corrected chi connectivity index (χ0v) is 12.5. The van der Waals surface area contributed by atoms with Crippen LogP contribution < -0.4 is 15.8 Å². The number of hydrogen-bond acceptors (Lipinski definition) is 3. The number of nitrogens with two attached hydrogens (primary N) is 1. The Morgan fingerprint density at radius 1 is 1.38 bits per heavy atom. The first-order valence-electron chi connectivity index (χ1n) is 6.59. The van der Waals surface area contributed by atoms with Gasteiger partial charge >= 0.3 is 0 Å². The molecular formula is C14H19ClF2N2O2. The molecule has 0 aromatic heterocycles. The largest absolute Gasteiger partial charge is 0.491 e. The number of amides is 1. The first kappa shape index (κ1) is 17.7. The third-order valence-corrected chi connectivity index (χ3v) is 3.65. The number of methoxy groups -OCH3 is 1. The molecule has 0 spiro atoms. The van der Waals surface area contributed by atoms with Gasteiger partial charge in [-0.2, -0.15) is 0 Å². The Balaban J connectivity index is 0.00000220. The zero-order valence-electron chi connectivity index (χ0n) is 11.7. The van der Waals surface area contributed by atoms with Crippen LogP contribution in [0.15, 0.2) is 12.1 Å². The molecule has 118 valence electrons. The van der Waals surface area contributed by atoms with E-state index in [1.807, 2.05) is 0 Å². The van der Waals surface area contributed by atoms with Crippen LogP contribution >= 0.6 is 12.4 Å². The molecule has 0 saturated heterocycles. The van der Waals surface area contributed by atoms with Gasteiger partial charge in [-0.1, -0.05) is 6.42 Å². The molecule has 0 bridgehead atoms. The Morgan fingerprint density at radius 3 is 2.48 bits per heavy atom. The number of rotatable bonds is 4. The van der Waals surface area contributed by atoms with E-state index in [1.165, 1.54) is 7.11 Å². The van der Waals surface area contributed by atoms with Crippen molar-refractivity contribution in [3.05, 3.63) is 23.8 Å². The highest BCUT2D eigenvalue weighted by atomic mass is 35.5. The van der Waals surface area contributed by atoms with Gasteiger partial charge in [-0.25, -0.2) is 8.78 Å². The van der Waals surface area contributed by atoms with Crippen molar-refractivity contribution in [2.24, 2.45) is 11.7 Å². The van der Waals surface area contributed by atoms with Gasteiger partial charge in [-0.05, 0) is 18.8 Å². The lowest BCUT2D eigenvalue weighted by molar-refractivity contribution is -0.117. The van der Waals surface area contributed by atoms with E-state index in [2.05, 4.69) is 10.1 Å². The third kappa shape index (κ3) is 4.28. The predicted octanol–water partition coefficient (Wildman–Crippen LogP) is 2.85. The average molecular weight is 321 g/mol. The Bertz CT molecular complexity index is 491. The summed E-state index contributed by atoms with van der Waals surface area (Å²) in [5.74, 6) is -2.29. The van der Waals surface area contributed by atoms with Crippen molar-refractivity contribution in [2.75, 3.05) is 12.4 Å². The fourth-order valence-electron chi connectivity index (χ4n) is 2.60. The van der Waals surface area contributed by atoms with Gasteiger partial charge in [-0.3, -0.25) is 4.79 Å². The summed E-state index contributed by atoms with van der Waals surface area (Å²) in [4.78, 5) is 11.8. The van der Waals surface area contributed by atoms with Crippen LogP contribution in [0, 0.1) is 17.6 Å². The molecule has 3 N–H and O–H groups in total. The highest BCUT2D eigenvalue weighted by molar-refractivity contribution is 5.91. The van der Waals surface area contributed by atoms with Crippen LogP contribution in [0.5, 0.6) is 5.75 Å².